The van der Waals surface area contributed by atoms with Crippen molar-refractivity contribution in [2.24, 2.45) is 0 Å². The quantitative estimate of drug-likeness (QED) is 0.414. The van der Waals surface area contributed by atoms with E-state index in [1.807, 2.05) is 11.8 Å². The van der Waals surface area contributed by atoms with Crippen LogP contribution in [0.4, 0.5) is 17.3 Å². The molecule has 2 aromatic rings. The molecule has 5 rings (SSSR count). The Bertz CT molecular complexity index is 1440. The maximum Gasteiger partial charge on any atom is 0.159 e. The van der Waals surface area contributed by atoms with Crippen LogP contribution in [0.3, 0.4) is 0 Å². The summed E-state index contributed by atoms with van der Waals surface area (Å²) in [5.41, 5.74) is 3.93. The number of nitrogens with zero attached hydrogens (tertiary/aromatic N) is 3. The van der Waals surface area contributed by atoms with Crippen LogP contribution in [0.5, 0.6) is 5.75 Å². The first kappa shape index (κ1) is 31.0. The van der Waals surface area contributed by atoms with Crippen LogP contribution < -0.4 is 20.3 Å². The smallest absolute Gasteiger partial charge is 0.159 e. The van der Waals surface area contributed by atoms with Crippen LogP contribution in [0.25, 0.3) is 0 Å². The van der Waals surface area contributed by atoms with E-state index in [0.717, 1.165) is 54.3 Å². The molecule has 1 unspecified atom stereocenters. The predicted molar refractivity (Wildman–Crippen MR) is 176 cm³/mol. The Morgan fingerprint density at radius 3 is 2.26 bits per heavy atom. The van der Waals surface area contributed by atoms with E-state index in [2.05, 4.69) is 85.4 Å². The lowest BCUT2D eigenvalue weighted by atomic mass is 9.88. The molecule has 2 saturated heterocycles. The van der Waals surface area contributed by atoms with Crippen molar-refractivity contribution in [3.8, 4) is 16.9 Å². The summed E-state index contributed by atoms with van der Waals surface area (Å²) in [7, 11) is -4.26. The lowest BCUT2D eigenvalue weighted by Gasteiger charge is -2.46. The predicted octanol–water partition coefficient (Wildman–Crippen LogP) is 5.71. The van der Waals surface area contributed by atoms with Crippen molar-refractivity contribution < 1.29 is 13.2 Å². The van der Waals surface area contributed by atoms with Gasteiger partial charge in [-0.3, -0.25) is 0 Å². The highest BCUT2D eigenvalue weighted by Crippen LogP contribution is 2.59. The maximum atomic E-state index is 12.1. The molecule has 230 valence electrons. The zero-order valence-corrected chi connectivity index (χ0v) is 27.8. The molecular formula is C32H47N5O3S2. The monoisotopic (exact) mass is 613 g/mol. The number of ether oxygens (including phenoxy) is 1. The molecule has 3 aliphatic rings. The van der Waals surface area contributed by atoms with E-state index in [-0.39, 0.29) is 17.6 Å². The van der Waals surface area contributed by atoms with Gasteiger partial charge in [0.25, 0.3) is 0 Å². The molecule has 3 aliphatic heterocycles. The van der Waals surface area contributed by atoms with Crippen molar-refractivity contribution in [3.63, 3.8) is 0 Å². The summed E-state index contributed by atoms with van der Waals surface area (Å²) in [6.07, 6.45) is 3.38. The Balaban J connectivity index is 1.62. The maximum absolute atomic E-state index is 12.1. The number of benzene rings is 1. The summed E-state index contributed by atoms with van der Waals surface area (Å²) in [5.74, 6) is 6.58. The van der Waals surface area contributed by atoms with E-state index in [1.165, 1.54) is 5.56 Å². The molecule has 0 amide bonds. The second-order valence-corrected chi connectivity index (χ2v) is 19.4. The van der Waals surface area contributed by atoms with E-state index in [4.69, 9.17) is 4.74 Å². The van der Waals surface area contributed by atoms with Crippen molar-refractivity contribution >= 4 is 37.2 Å². The Labute approximate surface area is 254 Å². The fraction of sp³-hybridized carbons (Fsp3) is 0.625. The second-order valence-electron chi connectivity index (χ2n) is 12.6. The topological polar surface area (TPSA) is 96.4 Å². The average molecular weight is 614 g/mol. The molecular weight excluding hydrogens is 567 g/mol. The van der Waals surface area contributed by atoms with Gasteiger partial charge in [-0.2, -0.15) is 10.0 Å². The van der Waals surface area contributed by atoms with Crippen LogP contribution in [-0.2, 0) is 9.84 Å². The first-order valence-electron chi connectivity index (χ1n) is 15.4. The lowest BCUT2D eigenvalue weighted by molar-refractivity contribution is 0.230. The normalized spacial score (nSPS) is 21.1. The minimum Gasteiger partial charge on any atom is -0.482 e. The highest BCUT2D eigenvalue weighted by molar-refractivity contribution is 8.38. The molecule has 1 aromatic carbocycles. The number of hydrogen-bond acceptors (Lipinski definition) is 8. The summed E-state index contributed by atoms with van der Waals surface area (Å²) in [5, 5.41) is 12.4. The number of aromatic nitrogens is 2. The summed E-state index contributed by atoms with van der Waals surface area (Å²) >= 11 is 0. The fourth-order valence-corrected chi connectivity index (χ4v) is 12.3. The summed E-state index contributed by atoms with van der Waals surface area (Å²) < 4.78 is 31.0. The number of nitrogens with one attached hydrogen (secondary N) is 2. The minimum absolute atomic E-state index is 0.125. The van der Waals surface area contributed by atoms with Gasteiger partial charge in [0, 0.05) is 13.1 Å². The third-order valence-electron chi connectivity index (χ3n) is 9.09. The Morgan fingerprint density at radius 2 is 1.64 bits per heavy atom. The zero-order chi connectivity index (χ0) is 30.2. The summed E-state index contributed by atoms with van der Waals surface area (Å²) in [4.78, 5) is 11.3. The van der Waals surface area contributed by atoms with Crippen LogP contribution in [-0.4, -0.2) is 71.8 Å². The molecule has 4 heterocycles. The number of fused-ring (bicyclic) bond motifs is 2. The van der Waals surface area contributed by atoms with Gasteiger partial charge in [-0.1, -0.05) is 47.5 Å². The van der Waals surface area contributed by atoms with Crippen molar-refractivity contribution in [1.29, 1.82) is 0 Å². The van der Waals surface area contributed by atoms with Gasteiger partial charge in [0.2, 0.25) is 0 Å². The van der Waals surface area contributed by atoms with Gasteiger partial charge in [0.05, 0.1) is 28.3 Å². The minimum atomic E-state index is -3.02. The first-order chi connectivity index (χ1) is 19.9. The molecule has 2 N–H and O–H groups in total. The number of anilines is 3. The molecule has 0 radical (unpaired) electrons. The van der Waals surface area contributed by atoms with Crippen molar-refractivity contribution in [2.75, 3.05) is 47.9 Å². The number of hydrogen-bond donors (Lipinski definition) is 2. The van der Waals surface area contributed by atoms with Crippen LogP contribution in [0.2, 0.25) is 0 Å². The number of piperidine rings is 1. The Morgan fingerprint density at radius 1 is 1.00 bits per heavy atom. The molecule has 1 aromatic heterocycles. The van der Waals surface area contributed by atoms with E-state index in [0.29, 0.717) is 40.6 Å². The number of rotatable bonds is 5. The van der Waals surface area contributed by atoms with Gasteiger partial charge in [0.15, 0.2) is 15.6 Å². The number of sulfone groups is 1. The van der Waals surface area contributed by atoms with Crippen molar-refractivity contribution in [1.82, 2.24) is 15.3 Å². The van der Waals surface area contributed by atoms with Crippen molar-refractivity contribution in [2.45, 2.75) is 89.1 Å². The van der Waals surface area contributed by atoms with Gasteiger partial charge in [-0.25, -0.2) is 18.4 Å². The van der Waals surface area contributed by atoms with E-state index >= 15 is 0 Å². The highest BCUT2D eigenvalue weighted by Gasteiger charge is 2.34. The summed E-state index contributed by atoms with van der Waals surface area (Å²) in [6.45, 7) is 18.8. The molecule has 8 nitrogen and oxygen atoms in total. The van der Waals surface area contributed by atoms with Gasteiger partial charge < -0.3 is 20.3 Å². The highest BCUT2D eigenvalue weighted by atomic mass is 32.3. The van der Waals surface area contributed by atoms with Crippen LogP contribution >= 0.6 is 10.0 Å². The third kappa shape index (κ3) is 5.97. The lowest BCUT2D eigenvalue weighted by Crippen LogP contribution is -2.41. The standard InChI is InChI=1S/C32H47N5O3S2/c1-21(2)42(22(3)4,23(5)6)15-10-26-18-27(25-8-11-33-12-9-25)19-28-30(26)40-24(7)29-31(36-28)34-20-35-32(29)37-13-16-41(38,39)17-14-37/h18-25,33H,8-9,11-14,16-17H2,1-7H3,(H,34,35,36). The van der Waals surface area contributed by atoms with Crippen LogP contribution in [0.1, 0.15) is 90.0 Å². The first-order valence-corrected chi connectivity index (χ1v) is 19.0. The molecule has 2 fully saturated rings. The SMILES string of the molecule is CC1Oc2c(C#CS(C(C)C)(C(C)C)C(C)C)cc(C3CCNCC3)cc2Nc2ncnc(N3CCS(=O)(=O)CC3)c21. The van der Waals surface area contributed by atoms with E-state index < -0.39 is 19.9 Å². The Kier molecular flexibility index (Phi) is 9.03. The molecule has 1 atom stereocenters. The van der Waals surface area contributed by atoms with E-state index in [1.54, 1.807) is 6.33 Å². The fourth-order valence-electron chi connectivity index (χ4n) is 6.88. The average Bonchev–Trinajstić information content (AvgIpc) is 3.09. The van der Waals surface area contributed by atoms with Crippen molar-refractivity contribution in [3.05, 3.63) is 35.2 Å². The van der Waals surface area contributed by atoms with Gasteiger partial charge in [-0.05, 0) is 77.5 Å². The van der Waals surface area contributed by atoms with E-state index in [9.17, 15) is 8.42 Å². The van der Waals surface area contributed by atoms with Gasteiger partial charge in [0.1, 0.15) is 24.1 Å². The molecule has 0 saturated carbocycles. The second kappa shape index (κ2) is 12.3. The zero-order valence-electron chi connectivity index (χ0n) is 26.2. The van der Waals surface area contributed by atoms with Crippen LogP contribution in [0.15, 0.2) is 18.5 Å². The molecule has 0 aliphatic carbocycles. The van der Waals surface area contributed by atoms with Gasteiger partial charge >= 0.3 is 0 Å². The van der Waals surface area contributed by atoms with Gasteiger partial charge in [-0.15, -0.1) is 0 Å². The molecule has 10 heteroatoms. The molecule has 0 spiro atoms. The largest absolute Gasteiger partial charge is 0.482 e. The summed E-state index contributed by atoms with van der Waals surface area (Å²) in [6, 6.07) is 4.49. The third-order valence-corrected chi connectivity index (χ3v) is 15.8. The molecule has 42 heavy (non-hydrogen) atoms. The molecule has 0 bridgehead atoms. The Hall–Kier alpha value is -2.48. The van der Waals surface area contributed by atoms with Crippen LogP contribution in [0, 0.1) is 11.2 Å².